The van der Waals surface area contributed by atoms with Crippen molar-refractivity contribution >= 4 is 0 Å². The third kappa shape index (κ3) is 26.7. The Morgan fingerprint density at radius 3 is 1.64 bits per heavy atom. The van der Waals surface area contributed by atoms with E-state index in [-0.39, 0.29) is 29.8 Å². The van der Waals surface area contributed by atoms with E-state index < -0.39 is 16.8 Å². The lowest BCUT2D eigenvalue weighted by atomic mass is 9.77. The second kappa shape index (κ2) is 23.7. The lowest BCUT2D eigenvalue weighted by molar-refractivity contribution is -0.142. The third-order valence-corrected chi connectivity index (χ3v) is 7.25. The predicted octanol–water partition coefficient (Wildman–Crippen LogP) is 8.51. The molecule has 0 spiro atoms. The molecule has 1 heterocycles. The second-order valence-electron chi connectivity index (χ2n) is 14.9. The Bertz CT molecular complexity index is 674. The Morgan fingerprint density at radius 2 is 1.25 bits per heavy atom. The smallest absolute Gasteiger partial charge is 0.0680 e. The van der Waals surface area contributed by atoms with Crippen molar-refractivity contribution in [3.8, 4) is 0 Å². The van der Waals surface area contributed by atoms with E-state index in [1.54, 1.807) is 13.8 Å². The van der Waals surface area contributed by atoms with Crippen molar-refractivity contribution < 1.29 is 34.3 Å². The van der Waals surface area contributed by atoms with Gasteiger partial charge in [-0.05, 0) is 108 Å². The molecule has 1 aliphatic heterocycles. The Morgan fingerprint density at radius 1 is 0.773 bits per heavy atom. The zero-order valence-corrected chi connectivity index (χ0v) is 32.0. The van der Waals surface area contributed by atoms with E-state index in [0.717, 1.165) is 32.3 Å². The summed E-state index contributed by atoms with van der Waals surface area (Å²) < 4.78 is 24.9. The van der Waals surface area contributed by atoms with Gasteiger partial charge in [0.05, 0.1) is 53.9 Å². The fraction of sp³-hybridized carbons (Fsp3) is 0.946. The maximum Gasteiger partial charge on any atom is 0.0680 e. The van der Waals surface area contributed by atoms with Gasteiger partial charge in [0.15, 0.2) is 0 Å². The normalized spacial score (nSPS) is 18.2. The summed E-state index contributed by atoms with van der Waals surface area (Å²) >= 11 is 0. The van der Waals surface area contributed by atoms with E-state index in [9.17, 15) is 5.11 Å². The largest absolute Gasteiger partial charge is 0.396 e. The van der Waals surface area contributed by atoms with E-state index in [2.05, 4.69) is 68.9 Å². The van der Waals surface area contributed by atoms with Crippen molar-refractivity contribution in [2.24, 2.45) is 11.8 Å². The summed E-state index contributed by atoms with van der Waals surface area (Å²) in [7, 11) is 0. The maximum atomic E-state index is 10.1. The molecule has 0 aliphatic carbocycles. The van der Waals surface area contributed by atoms with Gasteiger partial charge in [0, 0.05) is 25.0 Å². The van der Waals surface area contributed by atoms with Crippen LogP contribution < -0.4 is 0 Å². The summed E-state index contributed by atoms with van der Waals surface area (Å²) in [6.45, 7) is 36.9. The molecule has 0 amide bonds. The van der Waals surface area contributed by atoms with Gasteiger partial charge in [-0.15, -0.1) is 6.58 Å². The van der Waals surface area contributed by atoms with Crippen LogP contribution in [0.3, 0.4) is 0 Å². The minimum Gasteiger partial charge on any atom is -0.396 e. The number of aliphatic hydroxyl groups excluding tert-OH is 1. The number of aliphatic hydroxyl groups is 3. The first-order chi connectivity index (χ1) is 20.1. The Hall–Kier alpha value is -0.540. The molecule has 1 saturated heterocycles. The Kier molecular flexibility index (Phi) is 25.8. The average molecular weight is 635 g/mol. The van der Waals surface area contributed by atoms with Gasteiger partial charge in [-0.1, -0.05) is 47.1 Å². The lowest BCUT2D eigenvalue weighted by Gasteiger charge is -2.42. The first-order valence-electron chi connectivity index (χ1n) is 17.3. The van der Waals surface area contributed by atoms with Gasteiger partial charge >= 0.3 is 0 Å². The molecule has 0 radical (unpaired) electrons. The molecule has 7 heteroatoms. The van der Waals surface area contributed by atoms with Gasteiger partial charge in [0.2, 0.25) is 0 Å². The molecule has 3 N–H and O–H groups in total. The lowest BCUT2D eigenvalue weighted by Crippen LogP contribution is -2.46. The third-order valence-electron chi connectivity index (χ3n) is 7.25. The highest BCUT2D eigenvalue weighted by molar-refractivity contribution is 4.96. The molecule has 7 nitrogen and oxygen atoms in total. The zero-order chi connectivity index (χ0) is 35.3. The highest BCUT2D eigenvalue weighted by atomic mass is 16.5. The van der Waals surface area contributed by atoms with Gasteiger partial charge in [-0.2, -0.15) is 0 Å². The van der Waals surface area contributed by atoms with Crippen molar-refractivity contribution in [2.45, 2.75) is 183 Å². The molecule has 0 aromatic heterocycles. The molecule has 0 aromatic rings. The number of hydrogen-bond acceptors (Lipinski definition) is 7. The van der Waals surface area contributed by atoms with Gasteiger partial charge < -0.3 is 34.3 Å². The van der Waals surface area contributed by atoms with Gasteiger partial charge in [0.1, 0.15) is 0 Å². The molecular weight excluding hydrogens is 556 g/mol. The Balaban J connectivity index is -0.00000119. The fourth-order valence-corrected chi connectivity index (χ4v) is 4.51. The molecular formula is C37H78O7. The van der Waals surface area contributed by atoms with Crippen LogP contribution in [0.1, 0.15) is 149 Å². The van der Waals surface area contributed by atoms with Crippen LogP contribution in [0.4, 0.5) is 0 Å². The highest BCUT2D eigenvalue weighted by Gasteiger charge is 2.44. The zero-order valence-electron chi connectivity index (χ0n) is 32.0. The van der Waals surface area contributed by atoms with E-state index in [0.29, 0.717) is 38.6 Å². The summed E-state index contributed by atoms with van der Waals surface area (Å²) in [5, 5.41) is 27.2. The Labute approximate surface area is 274 Å². The maximum absolute atomic E-state index is 10.1. The van der Waals surface area contributed by atoms with Crippen molar-refractivity contribution in [1.82, 2.24) is 0 Å². The van der Waals surface area contributed by atoms with Crippen LogP contribution in [-0.4, -0.2) is 82.5 Å². The van der Waals surface area contributed by atoms with Gasteiger partial charge in [-0.25, -0.2) is 0 Å². The van der Waals surface area contributed by atoms with Crippen LogP contribution >= 0.6 is 0 Å². The van der Waals surface area contributed by atoms with Crippen LogP contribution in [0.5, 0.6) is 0 Å². The molecule has 0 bridgehead atoms. The quantitative estimate of drug-likeness (QED) is 0.130. The van der Waals surface area contributed by atoms with E-state index >= 15 is 0 Å². The second-order valence-corrected chi connectivity index (χ2v) is 14.9. The minimum absolute atomic E-state index is 0.0590. The monoisotopic (exact) mass is 635 g/mol. The highest BCUT2D eigenvalue weighted by Crippen LogP contribution is 2.40. The molecule has 1 fully saturated rings. The minimum atomic E-state index is -0.738. The first kappa shape index (κ1) is 47.9. The van der Waals surface area contributed by atoms with Crippen molar-refractivity contribution in [3.63, 3.8) is 0 Å². The summed E-state index contributed by atoms with van der Waals surface area (Å²) in [6.07, 6.45) is 8.05. The van der Waals surface area contributed by atoms with Crippen LogP contribution in [0.25, 0.3) is 0 Å². The predicted molar refractivity (Wildman–Crippen MR) is 187 cm³/mol. The van der Waals surface area contributed by atoms with Gasteiger partial charge in [0.25, 0.3) is 0 Å². The van der Waals surface area contributed by atoms with Crippen molar-refractivity contribution in [2.75, 3.05) is 33.0 Å². The first-order valence-corrected chi connectivity index (χ1v) is 17.3. The van der Waals surface area contributed by atoms with Crippen LogP contribution in [0.2, 0.25) is 0 Å². The molecule has 0 aromatic carbocycles. The van der Waals surface area contributed by atoms with Crippen LogP contribution in [-0.2, 0) is 18.9 Å². The summed E-state index contributed by atoms with van der Waals surface area (Å²) in [5.41, 5.74) is -2.35. The molecule has 1 aliphatic rings. The van der Waals surface area contributed by atoms with E-state index in [1.165, 1.54) is 6.42 Å². The summed E-state index contributed by atoms with van der Waals surface area (Å²) in [4.78, 5) is 0. The van der Waals surface area contributed by atoms with Gasteiger partial charge in [-0.3, -0.25) is 0 Å². The standard InChI is InChI=1S/C27H52O5.C5H12O2.C3H8.C2H6/c1-11-15-30-25(5,6)14-17-31-26(7,8)19-22(23-18-21(12-2)20-29-23)27(9,10)32-16-13-24(3,4)28;1-5(2,7)3-4-6;1-3-2;1-2/h12,21-23,28H,2,11,13-20H2,1,3-10H3;6-7H,3-4H2,1-2H3;3H2,1-2H3;1-2H3. The average Bonchev–Trinajstić information content (AvgIpc) is 3.35. The molecule has 44 heavy (non-hydrogen) atoms. The van der Waals surface area contributed by atoms with E-state index in [1.807, 2.05) is 33.8 Å². The number of ether oxygens (including phenoxy) is 4. The summed E-state index contributed by atoms with van der Waals surface area (Å²) in [5.74, 6) is 0.545. The van der Waals surface area contributed by atoms with Crippen molar-refractivity contribution in [1.29, 1.82) is 0 Å². The topological polar surface area (TPSA) is 97.6 Å². The number of hydrogen-bond donors (Lipinski definition) is 3. The van der Waals surface area contributed by atoms with Crippen molar-refractivity contribution in [3.05, 3.63) is 12.7 Å². The molecule has 268 valence electrons. The van der Waals surface area contributed by atoms with Crippen LogP contribution in [0, 0.1) is 11.8 Å². The number of rotatable bonds is 18. The molecule has 1 rings (SSSR count). The summed E-state index contributed by atoms with van der Waals surface area (Å²) in [6, 6.07) is 0. The van der Waals surface area contributed by atoms with E-state index in [4.69, 9.17) is 29.2 Å². The fourth-order valence-electron chi connectivity index (χ4n) is 4.51. The molecule has 3 unspecified atom stereocenters. The molecule has 0 saturated carbocycles. The molecule has 3 atom stereocenters. The SMILES string of the molecule is C=CC1COC(C(CC(C)(C)OCCC(C)(C)OCCC)C(C)(C)OCCC(C)(C)O)C1.CC.CC(C)(O)CCO.CCC. The van der Waals surface area contributed by atoms with Crippen LogP contribution in [0.15, 0.2) is 12.7 Å².